The Balaban J connectivity index is 1.54. The smallest absolute Gasteiger partial charge is 0.223 e. The van der Waals surface area contributed by atoms with Crippen LogP contribution in [0, 0.1) is 0 Å². The number of nitrogens with zero attached hydrogens (tertiary/aromatic N) is 2. The Bertz CT molecular complexity index is 702. The fourth-order valence-corrected chi connectivity index (χ4v) is 3.42. The van der Waals surface area contributed by atoms with Gasteiger partial charge in [0, 0.05) is 37.8 Å². The van der Waals surface area contributed by atoms with Crippen LogP contribution < -0.4 is 9.64 Å². The summed E-state index contributed by atoms with van der Waals surface area (Å²) in [4.78, 5) is 17.0. The van der Waals surface area contributed by atoms with Gasteiger partial charge in [0.25, 0.3) is 0 Å². The first-order valence-corrected chi connectivity index (χ1v) is 8.90. The molecule has 2 aromatic carbocycles. The third-order valence-corrected chi connectivity index (χ3v) is 4.83. The first kappa shape index (κ1) is 17.3. The zero-order chi connectivity index (χ0) is 17.6. The van der Waals surface area contributed by atoms with Crippen molar-refractivity contribution in [3.05, 3.63) is 60.2 Å². The third kappa shape index (κ3) is 4.32. The molecule has 1 heterocycles. The molecule has 1 saturated heterocycles. The number of carbonyl (C=O) groups excluding carboxylic acids is 1. The summed E-state index contributed by atoms with van der Waals surface area (Å²) in [7, 11) is 1.66. The molecule has 25 heavy (non-hydrogen) atoms. The van der Waals surface area contributed by atoms with Crippen molar-refractivity contribution >= 4 is 11.6 Å². The zero-order valence-corrected chi connectivity index (χ0v) is 15.0. The van der Waals surface area contributed by atoms with E-state index in [1.165, 1.54) is 5.69 Å². The molecular formula is C21H26N2O2. The van der Waals surface area contributed by atoms with Crippen molar-refractivity contribution in [2.75, 3.05) is 31.6 Å². The summed E-state index contributed by atoms with van der Waals surface area (Å²) in [5.74, 6) is 1.08. The second-order valence-electron chi connectivity index (χ2n) is 6.57. The highest BCUT2D eigenvalue weighted by molar-refractivity contribution is 5.77. The van der Waals surface area contributed by atoms with Gasteiger partial charge in [0.1, 0.15) is 5.75 Å². The molecule has 0 N–H and O–H groups in total. The molecule has 132 valence electrons. The third-order valence-electron chi connectivity index (χ3n) is 4.83. The molecule has 0 aromatic heterocycles. The molecule has 4 nitrogen and oxygen atoms in total. The Morgan fingerprint density at radius 3 is 2.64 bits per heavy atom. The molecule has 0 saturated carbocycles. The fraction of sp³-hybridized carbons (Fsp3) is 0.381. The van der Waals surface area contributed by atoms with Gasteiger partial charge in [-0.2, -0.15) is 0 Å². The lowest BCUT2D eigenvalue weighted by Gasteiger charge is -2.41. The average molecular weight is 338 g/mol. The quantitative estimate of drug-likeness (QED) is 0.838. The van der Waals surface area contributed by atoms with Gasteiger partial charge >= 0.3 is 0 Å². The van der Waals surface area contributed by atoms with E-state index >= 15 is 0 Å². The van der Waals surface area contributed by atoms with Gasteiger partial charge in [-0.05, 0) is 43.2 Å². The van der Waals surface area contributed by atoms with Crippen molar-refractivity contribution in [1.82, 2.24) is 4.90 Å². The van der Waals surface area contributed by atoms with Crippen LogP contribution in [0.15, 0.2) is 54.6 Å². The first-order chi connectivity index (χ1) is 12.2. The van der Waals surface area contributed by atoms with Crippen LogP contribution in [0.3, 0.4) is 0 Å². The van der Waals surface area contributed by atoms with E-state index in [2.05, 4.69) is 36.1 Å². The monoisotopic (exact) mass is 338 g/mol. The minimum Gasteiger partial charge on any atom is -0.497 e. The Morgan fingerprint density at radius 2 is 1.92 bits per heavy atom. The first-order valence-electron chi connectivity index (χ1n) is 8.90. The molecular weight excluding hydrogens is 312 g/mol. The number of amides is 1. The van der Waals surface area contributed by atoms with E-state index in [4.69, 9.17) is 4.74 Å². The molecule has 0 bridgehead atoms. The molecule has 3 rings (SSSR count). The number of hydrogen-bond acceptors (Lipinski definition) is 3. The van der Waals surface area contributed by atoms with Crippen LogP contribution in [0.4, 0.5) is 5.69 Å². The lowest BCUT2D eigenvalue weighted by atomic mass is 10.1. The van der Waals surface area contributed by atoms with Gasteiger partial charge in [-0.1, -0.05) is 30.3 Å². The Hall–Kier alpha value is -2.49. The van der Waals surface area contributed by atoms with Gasteiger partial charge in [-0.15, -0.1) is 0 Å². The summed E-state index contributed by atoms with van der Waals surface area (Å²) in [5, 5.41) is 0. The number of rotatable bonds is 5. The number of aryl methyl sites for hydroxylation is 1. The number of ether oxygens (including phenoxy) is 1. The van der Waals surface area contributed by atoms with Gasteiger partial charge in [-0.3, -0.25) is 4.79 Å². The lowest BCUT2D eigenvalue weighted by Crippen LogP contribution is -2.53. The van der Waals surface area contributed by atoms with Crippen LogP contribution in [0.25, 0.3) is 0 Å². The molecule has 1 unspecified atom stereocenters. The number of piperazine rings is 1. The number of hydrogen-bond donors (Lipinski definition) is 0. The summed E-state index contributed by atoms with van der Waals surface area (Å²) in [6, 6.07) is 18.7. The Kier molecular flexibility index (Phi) is 5.59. The van der Waals surface area contributed by atoms with Crippen molar-refractivity contribution in [1.29, 1.82) is 0 Å². The minimum atomic E-state index is 0.238. The molecule has 1 aliphatic rings. The normalized spacial score (nSPS) is 17.4. The number of methoxy groups -OCH3 is 1. The van der Waals surface area contributed by atoms with E-state index in [1.807, 2.05) is 35.2 Å². The Labute approximate surface area is 150 Å². The van der Waals surface area contributed by atoms with Crippen molar-refractivity contribution in [3.63, 3.8) is 0 Å². The highest BCUT2D eigenvalue weighted by atomic mass is 16.5. The van der Waals surface area contributed by atoms with Crippen LogP contribution in [-0.2, 0) is 11.2 Å². The van der Waals surface area contributed by atoms with E-state index in [-0.39, 0.29) is 5.91 Å². The summed E-state index contributed by atoms with van der Waals surface area (Å²) in [5.41, 5.74) is 2.38. The Morgan fingerprint density at radius 1 is 1.12 bits per heavy atom. The molecule has 4 heteroatoms. The van der Waals surface area contributed by atoms with Crippen molar-refractivity contribution < 1.29 is 9.53 Å². The highest BCUT2D eigenvalue weighted by Crippen LogP contribution is 2.21. The van der Waals surface area contributed by atoms with Crippen LogP contribution in [0.1, 0.15) is 18.9 Å². The average Bonchev–Trinajstić information content (AvgIpc) is 2.67. The lowest BCUT2D eigenvalue weighted by molar-refractivity contribution is -0.131. The van der Waals surface area contributed by atoms with Gasteiger partial charge in [0.2, 0.25) is 5.91 Å². The van der Waals surface area contributed by atoms with Gasteiger partial charge in [-0.25, -0.2) is 0 Å². The van der Waals surface area contributed by atoms with Crippen molar-refractivity contribution in [2.45, 2.75) is 25.8 Å². The van der Waals surface area contributed by atoms with Gasteiger partial charge in [0.15, 0.2) is 0 Å². The SMILES string of the molecule is COc1cccc(CCC(=O)N2CCN(c3ccccc3)C(C)C2)c1. The summed E-state index contributed by atoms with van der Waals surface area (Å²) in [6.07, 6.45) is 1.30. The number of benzene rings is 2. The fourth-order valence-electron chi connectivity index (χ4n) is 3.42. The van der Waals surface area contributed by atoms with Crippen molar-refractivity contribution in [3.8, 4) is 5.75 Å². The molecule has 1 atom stereocenters. The summed E-state index contributed by atoms with van der Waals surface area (Å²) >= 11 is 0. The predicted molar refractivity (Wildman–Crippen MR) is 101 cm³/mol. The maximum absolute atomic E-state index is 12.6. The van der Waals surface area contributed by atoms with E-state index in [1.54, 1.807) is 7.11 Å². The molecule has 0 aliphatic carbocycles. The van der Waals surface area contributed by atoms with E-state index < -0.39 is 0 Å². The number of anilines is 1. The van der Waals surface area contributed by atoms with E-state index in [0.717, 1.165) is 37.4 Å². The predicted octanol–water partition coefficient (Wildman–Crippen LogP) is 3.37. The molecule has 1 amide bonds. The van der Waals surface area contributed by atoms with Crippen LogP contribution in [-0.4, -0.2) is 43.6 Å². The van der Waals surface area contributed by atoms with E-state index in [0.29, 0.717) is 12.5 Å². The largest absolute Gasteiger partial charge is 0.497 e. The van der Waals surface area contributed by atoms with Crippen LogP contribution >= 0.6 is 0 Å². The molecule has 1 aliphatic heterocycles. The minimum absolute atomic E-state index is 0.238. The number of carbonyl (C=O) groups is 1. The second-order valence-corrected chi connectivity index (χ2v) is 6.57. The zero-order valence-electron chi connectivity index (χ0n) is 15.0. The summed E-state index contributed by atoms with van der Waals surface area (Å²) in [6.45, 7) is 4.65. The molecule has 0 spiro atoms. The molecule has 2 aromatic rings. The highest BCUT2D eigenvalue weighted by Gasteiger charge is 2.26. The van der Waals surface area contributed by atoms with Crippen LogP contribution in [0.5, 0.6) is 5.75 Å². The second kappa shape index (κ2) is 8.06. The van der Waals surface area contributed by atoms with E-state index in [9.17, 15) is 4.79 Å². The molecule has 1 fully saturated rings. The van der Waals surface area contributed by atoms with Gasteiger partial charge in [0.05, 0.1) is 7.11 Å². The maximum atomic E-state index is 12.6. The maximum Gasteiger partial charge on any atom is 0.223 e. The van der Waals surface area contributed by atoms with Crippen LogP contribution in [0.2, 0.25) is 0 Å². The molecule has 0 radical (unpaired) electrons. The summed E-state index contributed by atoms with van der Waals surface area (Å²) < 4.78 is 5.25. The standard InChI is InChI=1S/C21H26N2O2/c1-17-16-22(13-14-23(17)19-8-4-3-5-9-19)21(24)12-11-18-7-6-10-20(15-18)25-2/h3-10,15,17H,11-14,16H2,1-2H3. The number of para-hydroxylation sites is 1. The topological polar surface area (TPSA) is 32.8 Å². The van der Waals surface area contributed by atoms with Gasteiger partial charge < -0.3 is 14.5 Å². The van der Waals surface area contributed by atoms with Crippen molar-refractivity contribution in [2.24, 2.45) is 0 Å².